The summed E-state index contributed by atoms with van der Waals surface area (Å²) in [5, 5.41) is 2.83. The third-order valence-electron chi connectivity index (χ3n) is 3.61. The zero-order chi connectivity index (χ0) is 12.9. The molecule has 2 aliphatic rings. The van der Waals surface area contributed by atoms with Gasteiger partial charge in [-0.15, -0.1) is 24.8 Å². The number of rotatable bonds is 1. The van der Waals surface area contributed by atoms with Gasteiger partial charge in [0.15, 0.2) is 9.84 Å². The molecular weight excluding hydrogens is 323 g/mol. The summed E-state index contributed by atoms with van der Waals surface area (Å²) in [6.07, 6.45) is 1.66. The summed E-state index contributed by atoms with van der Waals surface area (Å²) in [6, 6.07) is 0. The molecule has 1 aromatic heterocycles. The van der Waals surface area contributed by atoms with Crippen LogP contribution in [0.25, 0.3) is 0 Å². The van der Waals surface area contributed by atoms with Crippen LogP contribution in [0.4, 0.5) is 5.95 Å². The van der Waals surface area contributed by atoms with Crippen molar-refractivity contribution >= 4 is 40.6 Å². The van der Waals surface area contributed by atoms with Gasteiger partial charge in [-0.3, -0.25) is 0 Å². The topological polar surface area (TPSA) is 75.2 Å². The van der Waals surface area contributed by atoms with Gasteiger partial charge < -0.3 is 10.2 Å². The number of sulfone groups is 1. The van der Waals surface area contributed by atoms with Crippen LogP contribution in [0.3, 0.4) is 0 Å². The molecule has 1 N–H and O–H groups in total. The molecule has 2 aliphatic heterocycles. The Bertz CT molecular complexity index is 594. The molecule has 0 unspecified atom stereocenters. The van der Waals surface area contributed by atoms with Gasteiger partial charge in [0.1, 0.15) is 0 Å². The Morgan fingerprint density at radius 2 is 2.00 bits per heavy atom. The molecule has 114 valence electrons. The van der Waals surface area contributed by atoms with Crippen molar-refractivity contribution < 1.29 is 8.42 Å². The molecule has 0 aliphatic carbocycles. The highest BCUT2D eigenvalue weighted by atomic mass is 35.5. The number of nitrogens with zero attached hydrogens (tertiary/aromatic N) is 3. The Kier molecular flexibility index (Phi) is 5.23. The zero-order valence-corrected chi connectivity index (χ0v) is 13.7. The molecule has 0 saturated carbocycles. The second-order valence-corrected chi connectivity index (χ2v) is 7.31. The lowest BCUT2D eigenvalue weighted by molar-refractivity contribution is 0.563. The molecule has 9 heteroatoms. The van der Waals surface area contributed by atoms with Gasteiger partial charge >= 0.3 is 0 Å². The standard InChI is InChI=1S/C11H16N4O2S.2ClH/c1-15(2)11-13-3-7-6-18(16,17)9-5-12-4-8(9)10(7)14-11;;/h3,8-9,12H,4-6H2,1-2H3;2*1H/t8-,9+;;/m0../s1. The summed E-state index contributed by atoms with van der Waals surface area (Å²) in [7, 11) is 0.698. The molecule has 2 atom stereocenters. The van der Waals surface area contributed by atoms with Crippen LogP contribution in [-0.4, -0.2) is 50.8 Å². The Morgan fingerprint density at radius 3 is 2.65 bits per heavy atom. The predicted molar refractivity (Wildman–Crippen MR) is 82.9 cm³/mol. The van der Waals surface area contributed by atoms with Crippen LogP contribution >= 0.6 is 24.8 Å². The van der Waals surface area contributed by atoms with Crippen LogP contribution in [0.1, 0.15) is 17.2 Å². The largest absolute Gasteiger partial charge is 0.347 e. The van der Waals surface area contributed by atoms with Crippen molar-refractivity contribution in [3.8, 4) is 0 Å². The first-order chi connectivity index (χ1) is 8.49. The van der Waals surface area contributed by atoms with E-state index in [9.17, 15) is 8.42 Å². The van der Waals surface area contributed by atoms with Crippen molar-refractivity contribution in [1.82, 2.24) is 15.3 Å². The van der Waals surface area contributed by atoms with Crippen molar-refractivity contribution in [2.45, 2.75) is 16.9 Å². The fourth-order valence-electron chi connectivity index (χ4n) is 2.69. The number of hydrogen-bond acceptors (Lipinski definition) is 6. The van der Waals surface area contributed by atoms with Gasteiger partial charge in [0, 0.05) is 44.9 Å². The maximum Gasteiger partial charge on any atom is 0.225 e. The van der Waals surface area contributed by atoms with Crippen LogP contribution < -0.4 is 10.2 Å². The second kappa shape index (κ2) is 6.01. The van der Waals surface area contributed by atoms with Gasteiger partial charge in [0.25, 0.3) is 0 Å². The number of aromatic nitrogens is 2. The van der Waals surface area contributed by atoms with Gasteiger partial charge in [-0.05, 0) is 0 Å². The highest BCUT2D eigenvalue weighted by Gasteiger charge is 2.44. The molecule has 3 heterocycles. The van der Waals surface area contributed by atoms with E-state index in [1.807, 2.05) is 19.0 Å². The van der Waals surface area contributed by atoms with E-state index < -0.39 is 9.84 Å². The molecule has 0 bridgehead atoms. The fourth-order valence-corrected chi connectivity index (χ4v) is 4.65. The average Bonchev–Trinajstić information content (AvgIpc) is 2.78. The van der Waals surface area contributed by atoms with Gasteiger partial charge in [-0.2, -0.15) is 0 Å². The minimum atomic E-state index is -3.06. The Balaban J connectivity index is 0.000001000. The van der Waals surface area contributed by atoms with E-state index in [1.165, 1.54) is 0 Å². The normalized spacial score (nSPS) is 25.7. The lowest BCUT2D eigenvalue weighted by Gasteiger charge is -2.27. The van der Waals surface area contributed by atoms with Gasteiger partial charge in [-0.1, -0.05) is 0 Å². The maximum absolute atomic E-state index is 12.1. The summed E-state index contributed by atoms with van der Waals surface area (Å²) < 4.78 is 24.3. The van der Waals surface area contributed by atoms with E-state index in [1.54, 1.807) is 6.20 Å². The van der Waals surface area contributed by atoms with Crippen LogP contribution in [-0.2, 0) is 15.6 Å². The number of halogens is 2. The summed E-state index contributed by atoms with van der Waals surface area (Å²) in [6.45, 7) is 1.22. The van der Waals surface area contributed by atoms with E-state index in [-0.39, 0.29) is 41.7 Å². The number of anilines is 1. The average molecular weight is 341 g/mol. The van der Waals surface area contributed by atoms with Crippen LogP contribution in [0.15, 0.2) is 6.20 Å². The molecule has 0 aromatic carbocycles. The summed E-state index contributed by atoms with van der Waals surface area (Å²) >= 11 is 0. The zero-order valence-electron chi connectivity index (χ0n) is 11.2. The van der Waals surface area contributed by atoms with Crippen LogP contribution in [0.5, 0.6) is 0 Å². The third-order valence-corrected chi connectivity index (χ3v) is 5.74. The Hall–Kier alpha value is -0.630. The minimum absolute atomic E-state index is 0. The predicted octanol–water partition coefficient (Wildman–Crippen LogP) is 0.370. The monoisotopic (exact) mass is 340 g/mol. The second-order valence-electron chi connectivity index (χ2n) is 5.09. The summed E-state index contributed by atoms with van der Waals surface area (Å²) in [5.74, 6) is 0.679. The summed E-state index contributed by atoms with van der Waals surface area (Å²) in [5.41, 5.74) is 1.66. The van der Waals surface area contributed by atoms with E-state index in [0.29, 0.717) is 19.0 Å². The van der Waals surface area contributed by atoms with Crippen molar-refractivity contribution in [2.75, 3.05) is 32.1 Å². The molecule has 0 amide bonds. The minimum Gasteiger partial charge on any atom is -0.347 e. The molecule has 6 nitrogen and oxygen atoms in total. The van der Waals surface area contributed by atoms with E-state index >= 15 is 0 Å². The Morgan fingerprint density at radius 1 is 1.30 bits per heavy atom. The van der Waals surface area contributed by atoms with Crippen LogP contribution in [0, 0.1) is 0 Å². The maximum atomic E-state index is 12.1. The molecule has 1 saturated heterocycles. The Labute approximate surface area is 131 Å². The SMILES string of the molecule is CN(C)c1ncc2c(n1)[C@H]1CNC[C@H]1S(=O)(=O)C2.Cl.Cl. The number of nitrogens with one attached hydrogen (secondary N) is 1. The van der Waals surface area contributed by atoms with Crippen LogP contribution in [0.2, 0.25) is 0 Å². The van der Waals surface area contributed by atoms with Gasteiger partial charge in [0.05, 0.1) is 16.7 Å². The fraction of sp³-hybridized carbons (Fsp3) is 0.636. The van der Waals surface area contributed by atoms with Gasteiger partial charge in [-0.25, -0.2) is 18.4 Å². The number of hydrogen-bond donors (Lipinski definition) is 1. The van der Waals surface area contributed by atoms with E-state index in [4.69, 9.17) is 0 Å². The lowest BCUT2D eigenvalue weighted by atomic mass is 10.00. The lowest BCUT2D eigenvalue weighted by Crippen LogP contribution is -2.35. The third kappa shape index (κ3) is 2.72. The molecule has 1 fully saturated rings. The molecule has 3 rings (SSSR count). The highest BCUT2D eigenvalue weighted by molar-refractivity contribution is 7.91. The first-order valence-corrected chi connectivity index (χ1v) is 7.66. The first-order valence-electron chi connectivity index (χ1n) is 5.94. The highest BCUT2D eigenvalue weighted by Crippen LogP contribution is 2.36. The first kappa shape index (κ1) is 17.4. The summed E-state index contributed by atoms with van der Waals surface area (Å²) in [4.78, 5) is 10.6. The number of fused-ring (bicyclic) bond motifs is 3. The van der Waals surface area contributed by atoms with Crippen molar-refractivity contribution in [2.24, 2.45) is 0 Å². The quantitative estimate of drug-likeness (QED) is 0.796. The molecule has 0 radical (unpaired) electrons. The van der Waals surface area contributed by atoms with Crippen molar-refractivity contribution in [1.29, 1.82) is 0 Å². The molecule has 1 aromatic rings. The van der Waals surface area contributed by atoms with Gasteiger partial charge in [0.2, 0.25) is 5.95 Å². The molecule has 0 spiro atoms. The smallest absolute Gasteiger partial charge is 0.225 e. The van der Waals surface area contributed by atoms with Crippen molar-refractivity contribution in [3.63, 3.8) is 0 Å². The van der Waals surface area contributed by atoms with E-state index in [2.05, 4.69) is 15.3 Å². The molecular formula is C11H18Cl2N4O2S. The van der Waals surface area contributed by atoms with Crippen molar-refractivity contribution in [3.05, 3.63) is 17.5 Å². The van der Waals surface area contributed by atoms with E-state index in [0.717, 1.165) is 11.3 Å². The molecule has 20 heavy (non-hydrogen) atoms.